The molecule has 1 aromatic heterocycles. The minimum Gasteiger partial charge on any atom is -0.316 e. The summed E-state index contributed by atoms with van der Waals surface area (Å²) in [4.78, 5) is 14.1. The van der Waals surface area contributed by atoms with Gasteiger partial charge in [-0.15, -0.1) is 0 Å². The minimum absolute atomic E-state index is 0.0563. The van der Waals surface area contributed by atoms with Gasteiger partial charge in [-0.1, -0.05) is 6.08 Å². The fourth-order valence-electron chi connectivity index (χ4n) is 1.15. The first-order valence-corrected chi connectivity index (χ1v) is 4.57. The lowest BCUT2D eigenvalue weighted by atomic mass is 10.2. The van der Waals surface area contributed by atoms with Gasteiger partial charge in [0.25, 0.3) is 5.69 Å². The molecule has 0 saturated carbocycles. The van der Waals surface area contributed by atoms with E-state index in [-0.39, 0.29) is 5.69 Å². The molecule has 1 rings (SSSR count). The van der Waals surface area contributed by atoms with E-state index in [1.54, 1.807) is 13.0 Å². The molecule has 5 nitrogen and oxygen atoms in total. The highest BCUT2D eigenvalue weighted by Gasteiger charge is 2.09. The van der Waals surface area contributed by atoms with Crippen molar-refractivity contribution in [1.82, 2.24) is 10.3 Å². The predicted octanol–water partition coefficient (Wildman–Crippen LogP) is 1.53. The van der Waals surface area contributed by atoms with Gasteiger partial charge >= 0.3 is 0 Å². The summed E-state index contributed by atoms with van der Waals surface area (Å²) in [5.74, 6) is 0. The van der Waals surface area contributed by atoms with Crippen LogP contribution in [0.1, 0.15) is 11.3 Å². The van der Waals surface area contributed by atoms with Crippen LogP contribution < -0.4 is 5.32 Å². The van der Waals surface area contributed by atoms with Gasteiger partial charge in [0.2, 0.25) is 0 Å². The Kier molecular flexibility index (Phi) is 3.93. The topological polar surface area (TPSA) is 68.1 Å². The molecule has 1 aromatic rings. The van der Waals surface area contributed by atoms with Gasteiger partial charge in [0.1, 0.15) is 6.20 Å². The third-order valence-electron chi connectivity index (χ3n) is 1.91. The summed E-state index contributed by atoms with van der Waals surface area (Å²) >= 11 is 0. The Morgan fingerprint density at radius 3 is 2.93 bits per heavy atom. The molecule has 0 aromatic carbocycles. The normalized spacial score (nSPS) is 10.8. The fourth-order valence-corrected chi connectivity index (χ4v) is 1.15. The highest BCUT2D eigenvalue weighted by atomic mass is 16.6. The van der Waals surface area contributed by atoms with E-state index < -0.39 is 4.92 Å². The third kappa shape index (κ3) is 3.14. The Bertz CT molecular complexity index is 388. The highest BCUT2D eigenvalue weighted by molar-refractivity contribution is 5.49. The van der Waals surface area contributed by atoms with Crippen molar-refractivity contribution in [2.75, 3.05) is 13.6 Å². The fraction of sp³-hybridized carbons (Fsp3) is 0.300. The zero-order chi connectivity index (χ0) is 11.3. The lowest BCUT2D eigenvalue weighted by Gasteiger charge is -1.97. The predicted molar refractivity (Wildman–Crippen MR) is 58.6 cm³/mol. The van der Waals surface area contributed by atoms with Gasteiger partial charge < -0.3 is 5.32 Å². The molecule has 1 N–H and O–H groups in total. The first-order valence-electron chi connectivity index (χ1n) is 4.57. The zero-order valence-electron chi connectivity index (χ0n) is 8.73. The second kappa shape index (κ2) is 5.21. The SMILES string of the molecule is CNCC=Cc1cc(C)c([N+](=O)[O-])cn1. The maximum absolute atomic E-state index is 10.5. The molecule has 80 valence electrons. The molecule has 0 radical (unpaired) electrons. The van der Waals surface area contributed by atoms with Crippen molar-refractivity contribution < 1.29 is 4.92 Å². The Morgan fingerprint density at radius 2 is 2.40 bits per heavy atom. The molecule has 15 heavy (non-hydrogen) atoms. The summed E-state index contributed by atoms with van der Waals surface area (Å²) in [6.45, 7) is 2.45. The Morgan fingerprint density at radius 1 is 1.67 bits per heavy atom. The number of hydrogen-bond donors (Lipinski definition) is 1. The molecule has 5 heteroatoms. The highest BCUT2D eigenvalue weighted by Crippen LogP contribution is 2.16. The molecule has 1 heterocycles. The Hall–Kier alpha value is -1.75. The largest absolute Gasteiger partial charge is 0.316 e. The molecule has 0 atom stereocenters. The van der Waals surface area contributed by atoms with E-state index >= 15 is 0 Å². The van der Waals surface area contributed by atoms with Crippen LogP contribution in [0.3, 0.4) is 0 Å². The van der Waals surface area contributed by atoms with E-state index in [9.17, 15) is 10.1 Å². The van der Waals surface area contributed by atoms with Gasteiger partial charge in [-0.3, -0.25) is 10.1 Å². The second-order valence-corrected chi connectivity index (χ2v) is 3.11. The monoisotopic (exact) mass is 207 g/mol. The molecular weight excluding hydrogens is 194 g/mol. The van der Waals surface area contributed by atoms with Crippen molar-refractivity contribution in [3.05, 3.63) is 39.7 Å². The van der Waals surface area contributed by atoms with Gasteiger partial charge in [-0.25, -0.2) is 4.98 Å². The van der Waals surface area contributed by atoms with Crippen molar-refractivity contribution in [2.24, 2.45) is 0 Å². The second-order valence-electron chi connectivity index (χ2n) is 3.11. The average Bonchev–Trinajstić information content (AvgIpc) is 2.17. The molecule has 0 aliphatic heterocycles. The quantitative estimate of drug-likeness (QED) is 0.600. The Balaban J connectivity index is 2.87. The van der Waals surface area contributed by atoms with Crippen LogP contribution >= 0.6 is 0 Å². The summed E-state index contributed by atoms with van der Waals surface area (Å²) in [6, 6.07) is 1.70. The minimum atomic E-state index is -0.427. The number of pyridine rings is 1. The Labute approximate surface area is 88.0 Å². The van der Waals surface area contributed by atoms with Crippen molar-refractivity contribution >= 4 is 11.8 Å². The molecule has 0 saturated heterocycles. The van der Waals surface area contributed by atoms with Crippen LogP contribution in [-0.4, -0.2) is 23.5 Å². The summed E-state index contributed by atoms with van der Waals surface area (Å²) in [5.41, 5.74) is 1.41. The third-order valence-corrected chi connectivity index (χ3v) is 1.91. The van der Waals surface area contributed by atoms with E-state index in [0.717, 1.165) is 12.2 Å². The summed E-state index contributed by atoms with van der Waals surface area (Å²) < 4.78 is 0. The van der Waals surface area contributed by atoms with Gasteiger partial charge in [-0.2, -0.15) is 0 Å². The number of hydrogen-bond acceptors (Lipinski definition) is 4. The number of rotatable bonds is 4. The molecule has 0 aliphatic rings. The summed E-state index contributed by atoms with van der Waals surface area (Å²) in [7, 11) is 1.85. The maximum atomic E-state index is 10.5. The van der Waals surface area contributed by atoms with Gasteiger partial charge in [-0.05, 0) is 26.1 Å². The number of nitro groups is 1. The van der Waals surface area contributed by atoms with Gasteiger partial charge in [0.05, 0.1) is 10.6 Å². The van der Waals surface area contributed by atoms with Gasteiger partial charge in [0, 0.05) is 12.1 Å². The van der Waals surface area contributed by atoms with Crippen LogP contribution in [0.4, 0.5) is 5.69 Å². The molecule has 0 aliphatic carbocycles. The van der Waals surface area contributed by atoms with Crippen LogP contribution in [-0.2, 0) is 0 Å². The van der Waals surface area contributed by atoms with Gasteiger partial charge in [0.15, 0.2) is 0 Å². The molecule has 0 spiro atoms. The molecular formula is C10H13N3O2. The number of aryl methyl sites for hydroxylation is 1. The first-order chi connectivity index (χ1) is 7.15. The van der Waals surface area contributed by atoms with Crippen LogP contribution in [0.5, 0.6) is 0 Å². The molecule has 0 unspecified atom stereocenters. The standard InChI is InChI=1S/C10H13N3O2/c1-8-6-9(4-3-5-11-2)12-7-10(8)13(14)15/h3-4,6-7,11H,5H2,1-2H3. The maximum Gasteiger partial charge on any atom is 0.290 e. The number of nitrogens with one attached hydrogen (secondary N) is 1. The summed E-state index contributed by atoms with van der Waals surface area (Å²) in [6.07, 6.45) is 5.02. The van der Waals surface area contributed by atoms with E-state index in [1.165, 1.54) is 6.20 Å². The number of aromatic nitrogens is 1. The zero-order valence-corrected chi connectivity index (χ0v) is 8.73. The molecule has 0 bridgehead atoms. The van der Waals surface area contributed by atoms with Crippen molar-refractivity contribution in [3.8, 4) is 0 Å². The average molecular weight is 207 g/mol. The van der Waals surface area contributed by atoms with Crippen molar-refractivity contribution in [3.63, 3.8) is 0 Å². The van der Waals surface area contributed by atoms with Crippen LogP contribution in [0.25, 0.3) is 6.08 Å². The smallest absolute Gasteiger partial charge is 0.290 e. The van der Waals surface area contributed by atoms with Crippen LogP contribution in [0, 0.1) is 17.0 Å². The molecule has 0 fully saturated rings. The summed E-state index contributed by atoms with van der Waals surface area (Å²) in [5, 5.41) is 13.5. The van der Waals surface area contributed by atoms with E-state index in [2.05, 4.69) is 10.3 Å². The van der Waals surface area contributed by atoms with Crippen LogP contribution in [0.15, 0.2) is 18.3 Å². The van der Waals surface area contributed by atoms with Crippen molar-refractivity contribution in [1.29, 1.82) is 0 Å². The van der Waals surface area contributed by atoms with E-state index in [4.69, 9.17) is 0 Å². The lowest BCUT2D eigenvalue weighted by Crippen LogP contribution is -2.03. The number of nitrogens with zero attached hydrogens (tertiary/aromatic N) is 2. The number of likely N-dealkylation sites (N-methyl/N-ethyl adjacent to an activating group) is 1. The van der Waals surface area contributed by atoms with Crippen LogP contribution in [0.2, 0.25) is 0 Å². The van der Waals surface area contributed by atoms with E-state index in [1.807, 2.05) is 19.2 Å². The van der Waals surface area contributed by atoms with E-state index in [0.29, 0.717) is 5.56 Å². The molecule has 0 amide bonds. The first kappa shape index (κ1) is 11.3. The van der Waals surface area contributed by atoms with Crippen molar-refractivity contribution in [2.45, 2.75) is 6.92 Å². The lowest BCUT2D eigenvalue weighted by molar-refractivity contribution is -0.385.